The summed E-state index contributed by atoms with van der Waals surface area (Å²) < 4.78 is 1.44. The number of carbonyl (C=O) groups excluding carboxylic acids is 1. The standard InChI is InChI=1S/C22H24N4O2/c1-15(2)13-26-21(27)19-6-4-3-5-18(19)20(24-26)22(28)25(17-7-8-17)14-16-9-11-23-12-10-16/h3-6,9-12,15,17H,7-8,13-14H2,1-2H3. The molecule has 2 heterocycles. The molecular formula is C22H24N4O2. The van der Waals surface area contributed by atoms with E-state index in [4.69, 9.17) is 0 Å². The van der Waals surface area contributed by atoms with Crippen molar-refractivity contribution in [1.82, 2.24) is 19.7 Å². The van der Waals surface area contributed by atoms with E-state index in [0.717, 1.165) is 18.4 Å². The number of aromatic nitrogens is 3. The van der Waals surface area contributed by atoms with E-state index in [1.54, 1.807) is 18.5 Å². The fraction of sp³-hybridized carbons (Fsp3) is 0.364. The molecule has 6 nitrogen and oxygen atoms in total. The van der Waals surface area contributed by atoms with Crippen LogP contribution in [0, 0.1) is 5.92 Å². The van der Waals surface area contributed by atoms with Crippen LogP contribution in [-0.2, 0) is 13.1 Å². The maximum Gasteiger partial charge on any atom is 0.275 e. The topological polar surface area (TPSA) is 68.1 Å². The maximum atomic E-state index is 13.5. The fourth-order valence-electron chi connectivity index (χ4n) is 3.44. The molecular weight excluding hydrogens is 352 g/mol. The summed E-state index contributed by atoms with van der Waals surface area (Å²) in [5.74, 6) is 0.138. The predicted octanol–water partition coefficient (Wildman–Crippen LogP) is 3.25. The van der Waals surface area contributed by atoms with Gasteiger partial charge in [-0.2, -0.15) is 5.10 Å². The zero-order chi connectivity index (χ0) is 19.7. The number of hydrogen-bond donors (Lipinski definition) is 0. The molecule has 1 amide bonds. The SMILES string of the molecule is CC(C)Cn1nc(C(=O)N(Cc2ccncc2)C2CC2)c2ccccc2c1=O. The minimum Gasteiger partial charge on any atom is -0.330 e. The van der Waals surface area contributed by atoms with Gasteiger partial charge in [0.25, 0.3) is 11.5 Å². The first-order chi connectivity index (χ1) is 13.5. The molecule has 0 radical (unpaired) electrons. The molecule has 28 heavy (non-hydrogen) atoms. The highest BCUT2D eigenvalue weighted by atomic mass is 16.2. The van der Waals surface area contributed by atoms with Crippen molar-refractivity contribution in [3.8, 4) is 0 Å². The first-order valence-electron chi connectivity index (χ1n) is 9.74. The second-order valence-electron chi connectivity index (χ2n) is 7.79. The molecule has 144 valence electrons. The number of nitrogens with zero attached hydrogens (tertiary/aromatic N) is 4. The molecule has 1 saturated carbocycles. The van der Waals surface area contributed by atoms with Gasteiger partial charge in [-0.1, -0.05) is 32.0 Å². The summed E-state index contributed by atoms with van der Waals surface area (Å²) >= 11 is 0. The highest BCUT2D eigenvalue weighted by Crippen LogP contribution is 2.30. The molecule has 1 aliphatic rings. The van der Waals surface area contributed by atoms with E-state index in [1.165, 1.54) is 4.68 Å². The van der Waals surface area contributed by atoms with Crippen LogP contribution in [0.4, 0.5) is 0 Å². The summed E-state index contributed by atoms with van der Waals surface area (Å²) in [5.41, 5.74) is 1.25. The summed E-state index contributed by atoms with van der Waals surface area (Å²) in [6.45, 7) is 5.07. The summed E-state index contributed by atoms with van der Waals surface area (Å²) in [6.07, 6.45) is 5.48. The fourth-order valence-corrected chi connectivity index (χ4v) is 3.44. The Morgan fingerprint density at radius 1 is 1.14 bits per heavy atom. The molecule has 2 aromatic heterocycles. The summed E-state index contributed by atoms with van der Waals surface area (Å²) in [6, 6.07) is 11.3. The number of carbonyl (C=O) groups is 1. The quantitative estimate of drug-likeness (QED) is 0.662. The molecule has 0 N–H and O–H groups in total. The van der Waals surface area contributed by atoms with E-state index in [-0.39, 0.29) is 23.4 Å². The number of pyridine rings is 1. The van der Waals surface area contributed by atoms with Gasteiger partial charge in [0, 0.05) is 36.9 Å². The van der Waals surface area contributed by atoms with Gasteiger partial charge >= 0.3 is 0 Å². The van der Waals surface area contributed by atoms with Gasteiger partial charge in [0.15, 0.2) is 5.69 Å². The van der Waals surface area contributed by atoms with Gasteiger partial charge in [-0.15, -0.1) is 0 Å². The number of rotatable bonds is 6. The second-order valence-corrected chi connectivity index (χ2v) is 7.79. The molecule has 0 aliphatic heterocycles. The van der Waals surface area contributed by atoms with Crippen LogP contribution >= 0.6 is 0 Å². The molecule has 1 fully saturated rings. The Morgan fingerprint density at radius 3 is 2.46 bits per heavy atom. The van der Waals surface area contributed by atoms with E-state index in [2.05, 4.69) is 10.1 Å². The third-order valence-electron chi connectivity index (χ3n) is 4.96. The monoisotopic (exact) mass is 376 g/mol. The Morgan fingerprint density at radius 2 is 1.82 bits per heavy atom. The summed E-state index contributed by atoms with van der Waals surface area (Å²) in [4.78, 5) is 32.3. The van der Waals surface area contributed by atoms with Crippen molar-refractivity contribution in [3.63, 3.8) is 0 Å². The minimum atomic E-state index is -0.145. The molecule has 4 rings (SSSR count). The van der Waals surface area contributed by atoms with Crippen molar-refractivity contribution < 1.29 is 4.79 Å². The summed E-state index contributed by atoms with van der Waals surface area (Å²) in [7, 11) is 0. The highest BCUT2D eigenvalue weighted by molar-refractivity contribution is 6.05. The Labute approximate surface area is 163 Å². The Kier molecular flexibility index (Phi) is 4.94. The van der Waals surface area contributed by atoms with E-state index < -0.39 is 0 Å². The first kappa shape index (κ1) is 18.3. The van der Waals surface area contributed by atoms with E-state index in [0.29, 0.717) is 29.6 Å². The van der Waals surface area contributed by atoms with Gasteiger partial charge in [0.05, 0.1) is 5.39 Å². The zero-order valence-electron chi connectivity index (χ0n) is 16.2. The molecule has 0 atom stereocenters. The zero-order valence-corrected chi connectivity index (χ0v) is 16.2. The third-order valence-corrected chi connectivity index (χ3v) is 4.96. The lowest BCUT2D eigenvalue weighted by Crippen LogP contribution is -2.36. The highest BCUT2D eigenvalue weighted by Gasteiger charge is 2.34. The summed E-state index contributed by atoms with van der Waals surface area (Å²) in [5, 5.41) is 5.68. The smallest absolute Gasteiger partial charge is 0.275 e. The average molecular weight is 376 g/mol. The van der Waals surface area contributed by atoms with Crippen molar-refractivity contribution in [3.05, 3.63) is 70.4 Å². The van der Waals surface area contributed by atoms with Gasteiger partial charge in [0.2, 0.25) is 0 Å². The molecule has 0 saturated heterocycles. The van der Waals surface area contributed by atoms with Crippen LogP contribution in [0.2, 0.25) is 0 Å². The number of fused-ring (bicyclic) bond motifs is 1. The van der Waals surface area contributed by atoms with Crippen LogP contribution in [0.3, 0.4) is 0 Å². The van der Waals surface area contributed by atoms with Crippen molar-refractivity contribution in [1.29, 1.82) is 0 Å². The van der Waals surface area contributed by atoms with Gasteiger partial charge in [-0.25, -0.2) is 4.68 Å². The number of benzene rings is 1. The largest absolute Gasteiger partial charge is 0.330 e. The molecule has 6 heteroatoms. The number of hydrogen-bond acceptors (Lipinski definition) is 4. The van der Waals surface area contributed by atoms with E-state index >= 15 is 0 Å². The average Bonchev–Trinajstić information content (AvgIpc) is 3.53. The molecule has 0 unspecified atom stereocenters. The van der Waals surface area contributed by atoms with Gasteiger partial charge in [-0.3, -0.25) is 14.6 Å². The van der Waals surface area contributed by atoms with Crippen LogP contribution in [0.5, 0.6) is 0 Å². The molecule has 1 aromatic carbocycles. The molecule has 0 spiro atoms. The molecule has 3 aromatic rings. The maximum absolute atomic E-state index is 13.5. The van der Waals surface area contributed by atoms with Crippen LogP contribution in [-0.4, -0.2) is 31.6 Å². The van der Waals surface area contributed by atoms with Crippen molar-refractivity contribution >= 4 is 16.7 Å². The molecule has 1 aliphatic carbocycles. The van der Waals surface area contributed by atoms with E-state index in [9.17, 15) is 9.59 Å². The lowest BCUT2D eigenvalue weighted by Gasteiger charge is -2.23. The first-order valence-corrected chi connectivity index (χ1v) is 9.74. The van der Waals surface area contributed by atoms with Crippen molar-refractivity contribution in [2.24, 2.45) is 5.92 Å². The Balaban J connectivity index is 1.78. The van der Waals surface area contributed by atoms with Crippen LogP contribution in [0.25, 0.3) is 10.8 Å². The lowest BCUT2D eigenvalue weighted by atomic mass is 10.1. The van der Waals surface area contributed by atoms with Crippen molar-refractivity contribution in [2.45, 2.75) is 45.8 Å². The predicted molar refractivity (Wildman–Crippen MR) is 108 cm³/mol. The number of amides is 1. The van der Waals surface area contributed by atoms with Crippen LogP contribution in [0.1, 0.15) is 42.7 Å². The van der Waals surface area contributed by atoms with Gasteiger partial charge < -0.3 is 4.90 Å². The normalized spacial score (nSPS) is 13.8. The second kappa shape index (κ2) is 7.54. The van der Waals surface area contributed by atoms with Gasteiger partial charge in [-0.05, 0) is 42.5 Å². The molecule has 0 bridgehead atoms. The van der Waals surface area contributed by atoms with Gasteiger partial charge in [0.1, 0.15) is 0 Å². The lowest BCUT2D eigenvalue weighted by molar-refractivity contribution is 0.0723. The minimum absolute atomic E-state index is 0.118. The van der Waals surface area contributed by atoms with Crippen LogP contribution < -0.4 is 5.56 Å². The Bertz CT molecular complexity index is 1060. The Hall–Kier alpha value is -3.02. The van der Waals surface area contributed by atoms with Crippen molar-refractivity contribution in [2.75, 3.05) is 0 Å². The van der Waals surface area contributed by atoms with E-state index in [1.807, 2.05) is 49.1 Å². The third kappa shape index (κ3) is 3.67. The van der Waals surface area contributed by atoms with Crippen LogP contribution in [0.15, 0.2) is 53.6 Å².